The van der Waals surface area contributed by atoms with E-state index >= 15 is 0 Å². The fraction of sp³-hybridized carbons (Fsp3) is 0.100. The molecule has 0 saturated heterocycles. The summed E-state index contributed by atoms with van der Waals surface area (Å²) in [7, 11) is 0. The van der Waals surface area contributed by atoms with Crippen molar-refractivity contribution in [1.29, 1.82) is 5.26 Å². The number of allylic oxidation sites excluding steroid dienone is 1. The molecule has 1 N–H and O–H groups in total. The maximum atomic E-state index is 12.9. The Morgan fingerprint density at radius 3 is 2.54 bits per heavy atom. The zero-order chi connectivity index (χ0) is 18.7. The third-order valence-corrected chi connectivity index (χ3v) is 3.90. The summed E-state index contributed by atoms with van der Waals surface area (Å²) < 4.78 is 28.7. The minimum atomic E-state index is -2.91. The molecule has 0 fully saturated rings. The predicted molar refractivity (Wildman–Crippen MR) is 94.0 cm³/mol. The molecule has 4 nitrogen and oxygen atoms in total. The van der Waals surface area contributed by atoms with Gasteiger partial charge in [0.05, 0.1) is 5.56 Å². The van der Waals surface area contributed by atoms with Crippen molar-refractivity contribution in [3.05, 3.63) is 70.9 Å². The first-order valence-corrected chi connectivity index (χ1v) is 7.78. The molecule has 3 rings (SSSR count). The summed E-state index contributed by atoms with van der Waals surface area (Å²) in [5.74, 6) is -0.384. The minimum absolute atomic E-state index is 0.00876. The number of carbonyl (C=O) groups is 1. The number of halogens is 2. The van der Waals surface area contributed by atoms with Crippen LogP contribution in [0, 0.1) is 18.3 Å². The van der Waals surface area contributed by atoms with E-state index in [1.54, 1.807) is 6.92 Å². The van der Waals surface area contributed by atoms with Gasteiger partial charge in [0.15, 0.2) is 0 Å². The first-order chi connectivity index (χ1) is 12.5. The zero-order valence-corrected chi connectivity index (χ0v) is 13.8. The average molecular weight is 352 g/mol. The second-order valence-electron chi connectivity index (χ2n) is 5.62. The molecule has 1 heterocycles. The second-order valence-corrected chi connectivity index (χ2v) is 5.62. The molecule has 0 amide bonds. The van der Waals surface area contributed by atoms with Crippen molar-refractivity contribution in [2.24, 2.45) is 0 Å². The predicted octanol–water partition coefficient (Wildman–Crippen LogP) is 4.87. The van der Waals surface area contributed by atoms with E-state index in [1.165, 1.54) is 30.3 Å². The smallest absolute Gasteiger partial charge is 0.387 e. The van der Waals surface area contributed by atoms with Gasteiger partial charge in [-0.1, -0.05) is 30.3 Å². The van der Waals surface area contributed by atoms with Crippen LogP contribution in [0.3, 0.4) is 0 Å². The number of ketones is 1. The van der Waals surface area contributed by atoms with Gasteiger partial charge in [0.25, 0.3) is 0 Å². The van der Waals surface area contributed by atoms with Gasteiger partial charge in [-0.3, -0.25) is 4.79 Å². The van der Waals surface area contributed by atoms with Crippen molar-refractivity contribution in [2.45, 2.75) is 13.5 Å². The van der Waals surface area contributed by atoms with E-state index in [2.05, 4.69) is 9.72 Å². The monoisotopic (exact) mass is 352 g/mol. The molecule has 0 aliphatic heterocycles. The van der Waals surface area contributed by atoms with Crippen LogP contribution in [-0.2, 0) is 0 Å². The number of alkyl halides is 2. The van der Waals surface area contributed by atoms with Crippen molar-refractivity contribution in [2.75, 3.05) is 0 Å². The zero-order valence-electron chi connectivity index (χ0n) is 13.8. The number of rotatable bonds is 5. The summed E-state index contributed by atoms with van der Waals surface area (Å²) in [5, 5.41) is 10.2. The molecule has 0 aliphatic carbocycles. The van der Waals surface area contributed by atoms with Crippen molar-refractivity contribution in [1.82, 2.24) is 4.98 Å². The summed E-state index contributed by atoms with van der Waals surface area (Å²) in [6.45, 7) is -1.13. The molecule has 26 heavy (non-hydrogen) atoms. The molecule has 6 heteroatoms. The fourth-order valence-electron chi connectivity index (χ4n) is 2.76. The largest absolute Gasteiger partial charge is 0.435 e. The highest BCUT2D eigenvalue weighted by atomic mass is 19.3. The number of H-pyrrole nitrogens is 1. The molecule has 0 spiro atoms. The fourth-order valence-corrected chi connectivity index (χ4v) is 2.76. The van der Waals surface area contributed by atoms with Crippen LogP contribution in [-0.4, -0.2) is 17.4 Å². The second kappa shape index (κ2) is 7.19. The number of para-hydroxylation sites is 1. The van der Waals surface area contributed by atoms with E-state index in [0.29, 0.717) is 16.8 Å². The third-order valence-electron chi connectivity index (χ3n) is 3.90. The van der Waals surface area contributed by atoms with E-state index in [0.717, 1.165) is 10.9 Å². The van der Waals surface area contributed by atoms with Gasteiger partial charge in [0.2, 0.25) is 5.78 Å². The van der Waals surface area contributed by atoms with Crippen LogP contribution in [0.4, 0.5) is 8.78 Å². The number of hydrogen-bond donors (Lipinski definition) is 1. The highest BCUT2D eigenvalue weighted by Gasteiger charge is 2.19. The number of ether oxygens (including phenoxy) is 1. The van der Waals surface area contributed by atoms with Gasteiger partial charge in [0.1, 0.15) is 17.4 Å². The minimum Gasteiger partial charge on any atom is -0.435 e. The lowest BCUT2D eigenvalue weighted by molar-refractivity contribution is -0.0498. The quantitative estimate of drug-likeness (QED) is 0.405. The molecule has 0 aliphatic rings. The van der Waals surface area contributed by atoms with Crippen LogP contribution in [0.25, 0.3) is 17.0 Å². The van der Waals surface area contributed by atoms with E-state index in [4.69, 9.17) is 0 Å². The summed E-state index contributed by atoms with van der Waals surface area (Å²) in [6.07, 6.45) is 1.43. The van der Waals surface area contributed by atoms with Crippen LogP contribution in [0.5, 0.6) is 5.75 Å². The molecule has 2 aromatic carbocycles. The highest BCUT2D eigenvalue weighted by molar-refractivity contribution is 6.20. The van der Waals surface area contributed by atoms with Crippen molar-refractivity contribution in [3.8, 4) is 11.8 Å². The highest BCUT2D eigenvalue weighted by Crippen LogP contribution is 2.25. The third kappa shape index (κ3) is 3.47. The SMILES string of the molecule is Cc1[nH]c2ccccc2c1C(=O)C(C#N)=Cc1ccc(OC(F)F)cc1. The Morgan fingerprint density at radius 1 is 1.19 bits per heavy atom. The summed E-state index contributed by atoms with van der Waals surface area (Å²) in [6, 6.07) is 15.0. The number of carbonyl (C=O) groups excluding carboxylic acids is 1. The lowest BCUT2D eigenvalue weighted by Gasteiger charge is -2.04. The Balaban J connectivity index is 1.95. The number of nitriles is 1. The standard InChI is InChI=1S/C20H14F2N2O2/c1-12-18(16-4-2-3-5-17(16)24-12)19(25)14(11-23)10-13-6-8-15(9-7-13)26-20(21)22/h2-10,20,24H,1H3. The van der Waals surface area contributed by atoms with Crippen LogP contribution in [0.15, 0.2) is 54.1 Å². The summed E-state index contributed by atoms with van der Waals surface area (Å²) >= 11 is 0. The van der Waals surface area contributed by atoms with E-state index < -0.39 is 12.4 Å². The molecular formula is C20H14F2N2O2. The number of nitrogens with zero attached hydrogens (tertiary/aromatic N) is 1. The number of benzene rings is 2. The molecule has 0 saturated carbocycles. The van der Waals surface area contributed by atoms with Crippen LogP contribution >= 0.6 is 0 Å². The summed E-state index contributed by atoms with van der Waals surface area (Å²) in [4.78, 5) is 16.0. The van der Waals surface area contributed by atoms with E-state index in [1.807, 2.05) is 30.3 Å². The van der Waals surface area contributed by atoms with Crippen LogP contribution < -0.4 is 4.74 Å². The molecule has 3 aromatic rings. The molecule has 1 aromatic heterocycles. The van der Waals surface area contributed by atoms with Gasteiger partial charge in [-0.15, -0.1) is 0 Å². The van der Waals surface area contributed by atoms with Crippen molar-refractivity contribution in [3.63, 3.8) is 0 Å². The number of aromatic nitrogens is 1. The molecular weight excluding hydrogens is 338 g/mol. The van der Waals surface area contributed by atoms with Gasteiger partial charge in [-0.05, 0) is 36.8 Å². The number of aromatic amines is 1. The van der Waals surface area contributed by atoms with Crippen molar-refractivity contribution < 1.29 is 18.3 Å². The Morgan fingerprint density at radius 2 is 1.88 bits per heavy atom. The Bertz CT molecular complexity index is 1030. The first kappa shape index (κ1) is 17.4. The topological polar surface area (TPSA) is 65.9 Å². The molecule has 0 radical (unpaired) electrons. The number of aryl methyl sites for hydroxylation is 1. The molecule has 0 bridgehead atoms. The van der Waals surface area contributed by atoms with Gasteiger partial charge in [-0.25, -0.2) is 0 Å². The lowest BCUT2D eigenvalue weighted by atomic mass is 9.99. The van der Waals surface area contributed by atoms with Crippen LogP contribution in [0.2, 0.25) is 0 Å². The maximum Gasteiger partial charge on any atom is 0.387 e. The average Bonchev–Trinajstić information content (AvgIpc) is 2.95. The Kier molecular flexibility index (Phi) is 4.81. The lowest BCUT2D eigenvalue weighted by Crippen LogP contribution is -2.03. The first-order valence-electron chi connectivity index (χ1n) is 7.78. The van der Waals surface area contributed by atoms with Crippen LogP contribution in [0.1, 0.15) is 21.6 Å². The van der Waals surface area contributed by atoms with E-state index in [-0.39, 0.29) is 11.3 Å². The maximum absolute atomic E-state index is 12.9. The number of Topliss-reactive ketones (excluding diaryl/α,β-unsaturated/α-hetero) is 1. The number of nitrogens with one attached hydrogen (secondary N) is 1. The van der Waals surface area contributed by atoms with E-state index in [9.17, 15) is 18.8 Å². The molecule has 0 unspecified atom stereocenters. The number of fused-ring (bicyclic) bond motifs is 1. The van der Waals surface area contributed by atoms with Crippen molar-refractivity contribution >= 4 is 22.8 Å². The molecule has 130 valence electrons. The van der Waals surface area contributed by atoms with Gasteiger partial charge < -0.3 is 9.72 Å². The molecule has 0 atom stereocenters. The van der Waals surface area contributed by atoms with Gasteiger partial charge in [0, 0.05) is 16.6 Å². The normalized spacial score (nSPS) is 11.6. The summed E-state index contributed by atoms with van der Waals surface area (Å²) in [5.41, 5.74) is 2.44. The number of hydrogen-bond acceptors (Lipinski definition) is 3. The van der Waals surface area contributed by atoms with Gasteiger partial charge >= 0.3 is 6.61 Å². The van der Waals surface area contributed by atoms with Gasteiger partial charge in [-0.2, -0.15) is 14.0 Å². The Labute approximate surface area is 148 Å². The Hall–Kier alpha value is -3.46.